The van der Waals surface area contributed by atoms with E-state index in [1.807, 2.05) is 0 Å². The molecule has 2 N–H and O–H groups in total. The molecule has 2 heterocycles. The molecule has 2 atom stereocenters. The van der Waals surface area contributed by atoms with Gasteiger partial charge in [-0.1, -0.05) is 11.6 Å². The number of piperidine rings is 1. The van der Waals surface area contributed by atoms with E-state index in [1.165, 1.54) is 32.0 Å². The maximum atomic E-state index is 13.2. The van der Waals surface area contributed by atoms with Crippen LogP contribution in [0.1, 0.15) is 25.7 Å². The van der Waals surface area contributed by atoms with E-state index in [0.717, 1.165) is 25.1 Å². The lowest BCUT2D eigenvalue weighted by Crippen LogP contribution is -2.51. The van der Waals surface area contributed by atoms with Crippen molar-refractivity contribution in [1.29, 1.82) is 0 Å². The summed E-state index contributed by atoms with van der Waals surface area (Å²) in [6.07, 6.45) is 5.25. The number of halogens is 2. The van der Waals surface area contributed by atoms with E-state index in [4.69, 9.17) is 11.6 Å². The molecule has 2 saturated heterocycles. The molecule has 3 rings (SSSR count). The predicted molar refractivity (Wildman–Crippen MR) is 80.7 cm³/mol. The molecule has 5 heteroatoms. The van der Waals surface area contributed by atoms with Crippen LogP contribution >= 0.6 is 11.6 Å². The van der Waals surface area contributed by atoms with Gasteiger partial charge in [-0.15, -0.1) is 0 Å². The molecular weight excluding hydrogens is 277 g/mol. The first-order chi connectivity index (χ1) is 9.72. The highest BCUT2D eigenvalue weighted by Gasteiger charge is 2.27. The molecule has 1 aromatic rings. The van der Waals surface area contributed by atoms with Crippen molar-refractivity contribution in [3.8, 4) is 0 Å². The summed E-state index contributed by atoms with van der Waals surface area (Å²) in [5.74, 6) is -0.363. The first kappa shape index (κ1) is 14.1. The van der Waals surface area contributed by atoms with Crippen molar-refractivity contribution in [2.75, 3.05) is 25.0 Å². The molecular formula is C15H21ClFN3. The number of nitrogens with zero attached hydrogens (tertiary/aromatic N) is 1. The van der Waals surface area contributed by atoms with Crippen LogP contribution in [0.25, 0.3) is 0 Å². The Hall–Kier alpha value is -0.840. The van der Waals surface area contributed by atoms with Gasteiger partial charge in [0.1, 0.15) is 5.82 Å². The fraction of sp³-hybridized carbons (Fsp3) is 0.600. The fourth-order valence-electron chi connectivity index (χ4n) is 3.18. The van der Waals surface area contributed by atoms with Crippen LogP contribution in [0.5, 0.6) is 0 Å². The van der Waals surface area contributed by atoms with Crippen molar-refractivity contribution in [1.82, 2.24) is 10.2 Å². The minimum atomic E-state index is -0.363. The van der Waals surface area contributed by atoms with Gasteiger partial charge in [0.25, 0.3) is 0 Å². The quantitative estimate of drug-likeness (QED) is 0.898. The van der Waals surface area contributed by atoms with Gasteiger partial charge in [-0.3, -0.25) is 4.90 Å². The van der Waals surface area contributed by atoms with E-state index in [2.05, 4.69) is 15.5 Å². The van der Waals surface area contributed by atoms with Crippen LogP contribution in [0.3, 0.4) is 0 Å². The lowest BCUT2D eigenvalue weighted by atomic mass is 10.0. The Bertz CT molecular complexity index is 462. The third kappa shape index (κ3) is 3.25. The van der Waals surface area contributed by atoms with Gasteiger partial charge in [0.05, 0.1) is 11.2 Å². The minimum Gasteiger partial charge on any atom is -0.382 e. The fourth-order valence-corrected chi connectivity index (χ4v) is 3.36. The minimum absolute atomic E-state index is 0.181. The molecule has 2 fully saturated rings. The monoisotopic (exact) mass is 297 g/mol. The van der Waals surface area contributed by atoms with Crippen LogP contribution in [0.15, 0.2) is 18.2 Å². The maximum absolute atomic E-state index is 13.2. The summed E-state index contributed by atoms with van der Waals surface area (Å²) in [7, 11) is 0. The Morgan fingerprint density at radius 1 is 1.30 bits per heavy atom. The molecule has 0 aromatic heterocycles. The van der Waals surface area contributed by atoms with Crippen molar-refractivity contribution in [2.24, 2.45) is 0 Å². The van der Waals surface area contributed by atoms with Crippen molar-refractivity contribution >= 4 is 17.3 Å². The van der Waals surface area contributed by atoms with Gasteiger partial charge >= 0.3 is 0 Å². The zero-order chi connectivity index (χ0) is 13.9. The SMILES string of the molecule is Fc1ccc(NC2CCNC(N3CCCC3)C2)cc1Cl. The van der Waals surface area contributed by atoms with Crippen LogP contribution in [0.2, 0.25) is 5.02 Å². The Morgan fingerprint density at radius 3 is 2.85 bits per heavy atom. The second kappa shape index (κ2) is 6.29. The van der Waals surface area contributed by atoms with Crippen molar-refractivity contribution in [3.05, 3.63) is 29.0 Å². The number of hydrogen-bond donors (Lipinski definition) is 2. The standard InChI is InChI=1S/C15H21ClFN3/c16-13-9-11(3-4-14(13)17)19-12-5-6-18-15(10-12)20-7-1-2-8-20/h3-4,9,12,15,18-19H,1-2,5-8,10H2. The smallest absolute Gasteiger partial charge is 0.141 e. The average Bonchev–Trinajstić information content (AvgIpc) is 2.97. The number of rotatable bonds is 3. The normalized spacial score (nSPS) is 27.7. The van der Waals surface area contributed by atoms with E-state index in [0.29, 0.717) is 12.2 Å². The van der Waals surface area contributed by atoms with E-state index in [-0.39, 0.29) is 10.8 Å². The zero-order valence-electron chi connectivity index (χ0n) is 11.5. The van der Waals surface area contributed by atoms with Gasteiger partial charge in [0, 0.05) is 11.7 Å². The predicted octanol–water partition coefficient (Wildman–Crippen LogP) is 3.06. The van der Waals surface area contributed by atoms with Gasteiger partial charge in [-0.2, -0.15) is 0 Å². The second-order valence-electron chi connectivity index (χ2n) is 5.71. The first-order valence-corrected chi connectivity index (χ1v) is 7.79. The van der Waals surface area contributed by atoms with E-state index < -0.39 is 0 Å². The molecule has 0 amide bonds. The molecule has 110 valence electrons. The van der Waals surface area contributed by atoms with Gasteiger partial charge in [-0.05, 0) is 63.5 Å². The highest BCUT2D eigenvalue weighted by Crippen LogP contribution is 2.23. The summed E-state index contributed by atoms with van der Waals surface area (Å²) in [4.78, 5) is 2.53. The number of anilines is 1. The lowest BCUT2D eigenvalue weighted by molar-refractivity contribution is 0.163. The lowest BCUT2D eigenvalue weighted by Gasteiger charge is -2.36. The van der Waals surface area contributed by atoms with Gasteiger partial charge in [0.2, 0.25) is 0 Å². The number of benzene rings is 1. The van der Waals surface area contributed by atoms with Crippen LogP contribution < -0.4 is 10.6 Å². The summed E-state index contributed by atoms with van der Waals surface area (Å²) >= 11 is 5.83. The molecule has 0 saturated carbocycles. The molecule has 0 aliphatic carbocycles. The van der Waals surface area contributed by atoms with Gasteiger partial charge in [-0.25, -0.2) is 4.39 Å². The topological polar surface area (TPSA) is 27.3 Å². The van der Waals surface area contributed by atoms with Crippen LogP contribution in [0.4, 0.5) is 10.1 Å². The molecule has 0 bridgehead atoms. The molecule has 20 heavy (non-hydrogen) atoms. The Balaban J connectivity index is 1.60. The van der Waals surface area contributed by atoms with Crippen LogP contribution in [-0.2, 0) is 0 Å². The van der Waals surface area contributed by atoms with Crippen LogP contribution in [0, 0.1) is 5.82 Å². The average molecular weight is 298 g/mol. The Kier molecular flexibility index (Phi) is 4.44. The third-order valence-electron chi connectivity index (χ3n) is 4.25. The number of nitrogens with one attached hydrogen (secondary N) is 2. The Morgan fingerprint density at radius 2 is 2.10 bits per heavy atom. The summed E-state index contributed by atoms with van der Waals surface area (Å²) in [6, 6.07) is 5.27. The summed E-state index contributed by atoms with van der Waals surface area (Å²) in [6.45, 7) is 3.42. The molecule has 0 radical (unpaired) electrons. The molecule has 0 spiro atoms. The first-order valence-electron chi connectivity index (χ1n) is 7.41. The highest BCUT2D eigenvalue weighted by atomic mass is 35.5. The van der Waals surface area contributed by atoms with Gasteiger partial charge in [0.15, 0.2) is 0 Å². The van der Waals surface area contributed by atoms with Crippen LogP contribution in [-0.4, -0.2) is 36.7 Å². The van der Waals surface area contributed by atoms with Crippen molar-refractivity contribution in [2.45, 2.75) is 37.9 Å². The highest BCUT2D eigenvalue weighted by molar-refractivity contribution is 6.31. The van der Waals surface area contributed by atoms with E-state index in [1.54, 1.807) is 12.1 Å². The van der Waals surface area contributed by atoms with E-state index in [9.17, 15) is 4.39 Å². The summed E-state index contributed by atoms with van der Waals surface area (Å²) in [5.41, 5.74) is 0.906. The molecule has 2 aliphatic heterocycles. The van der Waals surface area contributed by atoms with E-state index >= 15 is 0 Å². The zero-order valence-corrected chi connectivity index (χ0v) is 12.3. The molecule has 1 aromatic carbocycles. The number of likely N-dealkylation sites (tertiary alicyclic amines) is 1. The third-order valence-corrected chi connectivity index (χ3v) is 4.54. The summed E-state index contributed by atoms with van der Waals surface area (Å²) in [5, 5.41) is 7.26. The number of hydrogen-bond acceptors (Lipinski definition) is 3. The molecule has 2 unspecified atom stereocenters. The Labute approximate surface area is 124 Å². The molecule has 2 aliphatic rings. The summed E-state index contributed by atoms with van der Waals surface area (Å²) < 4.78 is 13.2. The second-order valence-corrected chi connectivity index (χ2v) is 6.11. The van der Waals surface area contributed by atoms with Crippen molar-refractivity contribution < 1.29 is 4.39 Å². The molecule has 3 nitrogen and oxygen atoms in total. The van der Waals surface area contributed by atoms with Crippen molar-refractivity contribution in [3.63, 3.8) is 0 Å². The largest absolute Gasteiger partial charge is 0.382 e. The maximum Gasteiger partial charge on any atom is 0.141 e. The van der Waals surface area contributed by atoms with Gasteiger partial charge < -0.3 is 10.6 Å².